The number of nitrogens with one attached hydrogen (secondary N) is 1. The van der Waals surface area contributed by atoms with Crippen molar-refractivity contribution in [1.82, 2.24) is 10.2 Å². The minimum Gasteiger partial charge on any atom is -0.445 e. The summed E-state index contributed by atoms with van der Waals surface area (Å²) < 4.78 is 4.97. The second kappa shape index (κ2) is 6.52. The van der Waals surface area contributed by atoms with Crippen LogP contribution in [-0.2, 0) is 20.9 Å². The van der Waals surface area contributed by atoms with Crippen LogP contribution in [0.5, 0.6) is 0 Å². The maximum atomic E-state index is 11.8. The first kappa shape index (κ1) is 14.5. The molecule has 0 bridgehead atoms. The van der Waals surface area contributed by atoms with E-state index in [0.29, 0.717) is 0 Å². The van der Waals surface area contributed by atoms with Crippen molar-refractivity contribution in [3.8, 4) is 6.07 Å². The molecule has 1 atom stereocenters. The molecule has 1 heterocycles. The molecule has 1 saturated heterocycles. The van der Waals surface area contributed by atoms with Gasteiger partial charge in [0.25, 0.3) is 5.91 Å². The van der Waals surface area contributed by atoms with Gasteiger partial charge in [-0.3, -0.25) is 14.5 Å². The van der Waals surface area contributed by atoms with E-state index in [0.717, 1.165) is 10.5 Å². The van der Waals surface area contributed by atoms with Crippen LogP contribution in [0.15, 0.2) is 30.3 Å². The van der Waals surface area contributed by atoms with Crippen LogP contribution in [0.25, 0.3) is 0 Å². The summed E-state index contributed by atoms with van der Waals surface area (Å²) in [4.78, 5) is 35.7. The minimum absolute atomic E-state index is 0.0729. The average molecular weight is 287 g/mol. The lowest BCUT2D eigenvalue weighted by molar-refractivity contribution is -0.138. The van der Waals surface area contributed by atoms with E-state index in [9.17, 15) is 14.4 Å². The zero-order valence-corrected chi connectivity index (χ0v) is 11.1. The van der Waals surface area contributed by atoms with Crippen LogP contribution < -0.4 is 5.32 Å². The van der Waals surface area contributed by atoms with E-state index >= 15 is 0 Å². The first-order chi connectivity index (χ1) is 10.1. The number of ether oxygens (including phenoxy) is 1. The maximum Gasteiger partial charge on any atom is 0.408 e. The summed E-state index contributed by atoms with van der Waals surface area (Å²) in [6.07, 6.45) is -0.926. The Morgan fingerprint density at radius 3 is 2.76 bits per heavy atom. The van der Waals surface area contributed by atoms with Gasteiger partial charge in [0.2, 0.25) is 5.91 Å². The molecule has 1 aliphatic heterocycles. The van der Waals surface area contributed by atoms with Crippen molar-refractivity contribution in [1.29, 1.82) is 5.26 Å². The number of amides is 3. The number of likely N-dealkylation sites (tertiary alicyclic amines) is 1. The number of imide groups is 1. The highest BCUT2D eigenvalue weighted by Gasteiger charge is 2.39. The number of rotatable bonds is 4. The van der Waals surface area contributed by atoms with E-state index < -0.39 is 23.9 Å². The molecule has 2 rings (SSSR count). The molecule has 1 aliphatic rings. The van der Waals surface area contributed by atoms with Crippen molar-refractivity contribution < 1.29 is 19.1 Å². The minimum atomic E-state index is -0.964. The van der Waals surface area contributed by atoms with Gasteiger partial charge in [-0.15, -0.1) is 0 Å². The Morgan fingerprint density at radius 2 is 2.10 bits per heavy atom. The molecule has 1 aromatic rings. The summed E-state index contributed by atoms with van der Waals surface area (Å²) in [6, 6.07) is 9.84. The number of alkyl carbamates (subject to hydrolysis) is 1. The van der Waals surface area contributed by atoms with Gasteiger partial charge in [-0.05, 0) is 5.56 Å². The van der Waals surface area contributed by atoms with Crippen LogP contribution in [0, 0.1) is 11.3 Å². The number of carbonyl (C=O) groups excluding carboxylic acids is 3. The lowest BCUT2D eigenvalue weighted by Crippen LogP contribution is -2.42. The van der Waals surface area contributed by atoms with E-state index in [1.165, 1.54) is 0 Å². The smallest absolute Gasteiger partial charge is 0.408 e. The van der Waals surface area contributed by atoms with Crippen molar-refractivity contribution in [3.05, 3.63) is 35.9 Å². The quantitative estimate of drug-likeness (QED) is 0.644. The zero-order chi connectivity index (χ0) is 15.2. The topological polar surface area (TPSA) is 99.5 Å². The molecular weight excluding hydrogens is 274 g/mol. The van der Waals surface area contributed by atoms with Gasteiger partial charge in [-0.25, -0.2) is 4.79 Å². The Kier molecular flexibility index (Phi) is 4.51. The van der Waals surface area contributed by atoms with Crippen molar-refractivity contribution in [3.63, 3.8) is 0 Å². The van der Waals surface area contributed by atoms with Crippen molar-refractivity contribution in [2.75, 3.05) is 6.54 Å². The lowest BCUT2D eigenvalue weighted by Gasteiger charge is -2.12. The van der Waals surface area contributed by atoms with Gasteiger partial charge in [0, 0.05) is 0 Å². The maximum absolute atomic E-state index is 11.8. The number of benzene rings is 1. The fourth-order valence-corrected chi connectivity index (χ4v) is 1.94. The largest absolute Gasteiger partial charge is 0.445 e. The fraction of sp³-hybridized carbons (Fsp3) is 0.286. The molecule has 7 nitrogen and oxygen atoms in total. The molecule has 3 amide bonds. The molecule has 0 aromatic heterocycles. The molecule has 1 fully saturated rings. The Bertz CT molecular complexity index is 594. The van der Waals surface area contributed by atoms with E-state index in [2.05, 4.69) is 5.32 Å². The molecule has 0 spiro atoms. The monoisotopic (exact) mass is 287 g/mol. The van der Waals surface area contributed by atoms with Crippen molar-refractivity contribution in [2.24, 2.45) is 0 Å². The van der Waals surface area contributed by atoms with Crippen LogP contribution in [-0.4, -0.2) is 35.4 Å². The third-order valence-electron chi connectivity index (χ3n) is 2.98. The number of nitrogens with zero attached hydrogens (tertiary/aromatic N) is 2. The van der Waals surface area contributed by atoms with E-state index in [4.69, 9.17) is 10.00 Å². The third kappa shape index (κ3) is 3.57. The molecule has 1 N–H and O–H groups in total. The highest BCUT2D eigenvalue weighted by atomic mass is 16.5. The summed E-state index contributed by atoms with van der Waals surface area (Å²) in [6.45, 7) is -0.238. The van der Waals surface area contributed by atoms with Gasteiger partial charge in [0.15, 0.2) is 0 Å². The molecule has 0 unspecified atom stereocenters. The van der Waals surface area contributed by atoms with Crippen LogP contribution in [0.4, 0.5) is 4.79 Å². The first-order valence-electron chi connectivity index (χ1n) is 6.30. The number of hydrogen-bond acceptors (Lipinski definition) is 5. The Balaban J connectivity index is 1.85. The summed E-state index contributed by atoms with van der Waals surface area (Å²) in [5, 5.41) is 10.9. The average Bonchev–Trinajstić information content (AvgIpc) is 2.74. The summed E-state index contributed by atoms with van der Waals surface area (Å²) >= 11 is 0. The molecule has 7 heteroatoms. The molecular formula is C14H13N3O4. The molecule has 0 radical (unpaired) electrons. The predicted molar refractivity (Wildman–Crippen MR) is 70.5 cm³/mol. The number of carbonyl (C=O) groups is 3. The fourth-order valence-electron chi connectivity index (χ4n) is 1.94. The van der Waals surface area contributed by atoms with Crippen molar-refractivity contribution in [2.45, 2.75) is 19.1 Å². The lowest BCUT2D eigenvalue weighted by atomic mass is 10.2. The number of nitriles is 1. The van der Waals surface area contributed by atoms with Gasteiger partial charge in [-0.2, -0.15) is 5.26 Å². The van der Waals surface area contributed by atoms with Crippen LogP contribution in [0.2, 0.25) is 0 Å². The molecule has 108 valence electrons. The van der Waals surface area contributed by atoms with Gasteiger partial charge < -0.3 is 10.1 Å². The third-order valence-corrected chi connectivity index (χ3v) is 2.98. The molecule has 21 heavy (non-hydrogen) atoms. The van der Waals surface area contributed by atoms with Crippen molar-refractivity contribution >= 4 is 17.9 Å². The highest BCUT2D eigenvalue weighted by Crippen LogP contribution is 2.12. The van der Waals surface area contributed by atoms with Crippen LogP contribution in [0.3, 0.4) is 0 Å². The summed E-state index contributed by atoms with van der Waals surface area (Å²) in [5.74, 6) is -1.06. The zero-order valence-electron chi connectivity index (χ0n) is 11.1. The normalized spacial score (nSPS) is 17.5. The molecule has 0 saturated carbocycles. The Labute approximate surface area is 121 Å². The van der Waals surface area contributed by atoms with E-state index in [-0.39, 0.29) is 19.6 Å². The number of hydrogen-bond donors (Lipinski definition) is 1. The second-order valence-electron chi connectivity index (χ2n) is 4.44. The second-order valence-corrected chi connectivity index (χ2v) is 4.44. The first-order valence-corrected chi connectivity index (χ1v) is 6.30. The SMILES string of the molecule is N#CCN1C(=O)C[C@H](NC(=O)OCc2ccccc2)C1=O. The van der Waals surface area contributed by atoms with E-state index in [1.54, 1.807) is 18.2 Å². The van der Waals surface area contributed by atoms with Crippen LogP contribution in [0.1, 0.15) is 12.0 Å². The predicted octanol–water partition coefficient (Wildman–Crippen LogP) is 0.564. The summed E-state index contributed by atoms with van der Waals surface area (Å²) in [5.41, 5.74) is 0.813. The van der Waals surface area contributed by atoms with Gasteiger partial charge in [-0.1, -0.05) is 30.3 Å². The Morgan fingerprint density at radius 1 is 1.38 bits per heavy atom. The standard InChI is InChI=1S/C14H13N3O4/c15-6-7-17-12(18)8-11(13(17)19)16-14(20)21-9-10-4-2-1-3-5-10/h1-5,11H,7-9H2,(H,16,20)/t11-/m0/s1. The Hall–Kier alpha value is -2.88. The van der Waals surface area contributed by atoms with Gasteiger partial charge in [0.05, 0.1) is 12.5 Å². The molecule has 0 aliphatic carbocycles. The molecule has 1 aromatic carbocycles. The van der Waals surface area contributed by atoms with E-state index in [1.807, 2.05) is 18.2 Å². The van der Waals surface area contributed by atoms with Gasteiger partial charge >= 0.3 is 6.09 Å². The van der Waals surface area contributed by atoms with Crippen LogP contribution >= 0.6 is 0 Å². The summed E-state index contributed by atoms with van der Waals surface area (Å²) in [7, 11) is 0. The van der Waals surface area contributed by atoms with Gasteiger partial charge in [0.1, 0.15) is 19.2 Å². The highest BCUT2D eigenvalue weighted by molar-refractivity contribution is 6.06.